The van der Waals surface area contributed by atoms with Gasteiger partial charge in [0, 0.05) is 5.92 Å². The Kier molecular flexibility index (Phi) is 0.963. The molecule has 0 aromatic rings. The fraction of sp³-hybridized carbons (Fsp3) is 0.571. The van der Waals surface area contributed by atoms with Gasteiger partial charge in [0.1, 0.15) is 6.10 Å². The Bertz CT molecular complexity index is 172. The van der Waals surface area contributed by atoms with Crippen LogP contribution in [0, 0.1) is 5.92 Å². The van der Waals surface area contributed by atoms with Gasteiger partial charge in [-0.1, -0.05) is 6.08 Å². The lowest BCUT2D eigenvalue weighted by Gasteiger charge is -2.07. The Morgan fingerprint density at radius 3 is 3.33 bits per heavy atom. The predicted molar refractivity (Wildman–Crippen MR) is 32.0 cm³/mol. The summed E-state index contributed by atoms with van der Waals surface area (Å²) in [6, 6.07) is 0. The average Bonchev–Trinajstić information content (AvgIpc) is 2.25. The summed E-state index contributed by atoms with van der Waals surface area (Å²) in [6.45, 7) is 0.743. The van der Waals surface area contributed by atoms with Crippen LogP contribution in [0.1, 0.15) is 6.42 Å². The van der Waals surface area contributed by atoms with E-state index in [0.717, 1.165) is 13.0 Å². The lowest BCUT2D eigenvalue weighted by Crippen LogP contribution is -2.18. The Morgan fingerprint density at radius 1 is 1.67 bits per heavy atom. The molecule has 2 atom stereocenters. The minimum Gasteiger partial charge on any atom is -0.369 e. The second-order valence-electron chi connectivity index (χ2n) is 2.58. The molecule has 2 rings (SSSR count). The zero-order valence-electron chi connectivity index (χ0n) is 5.04. The van der Waals surface area contributed by atoms with Gasteiger partial charge in [0.2, 0.25) is 0 Å². The van der Waals surface area contributed by atoms with E-state index in [-0.39, 0.29) is 11.9 Å². The number of hydrogen-bond acceptors (Lipinski definition) is 2. The lowest BCUT2D eigenvalue weighted by atomic mass is 9.97. The first-order valence-electron chi connectivity index (χ1n) is 3.20. The Morgan fingerprint density at radius 2 is 2.56 bits per heavy atom. The molecule has 0 aromatic heterocycles. The molecule has 0 amide bonds. The summed E-state index contributed by atoms with van der Waals surface area (Å²) in [5, 5.41) is 0. The molecule has 1 saturated heterocycles. The normalized spacial score (nSPS) is 39.8. The zero-order valence-corrected chi connectivity index (χ0v) is 5.04. The number of ketones is 1. The highest BCUT2D eigenvalue weighted by Crippen LogP contribution is 2.25. The van der Waals surface area contributed by atoms with E-state index in [0.29, 0.717) is 5.92 Å². The molecule has 0 N–H and O–H groups in total. The van der Waals surface area contributed by atoms with Crippen molar-refractivity contribution in [3.63, 3.8) is 0 Å². The molecule has 2 nitrogen and oxygen atoms in total. The Labute approximate surface area is 53.5 Å². The molecular weight excluding hydrogens is 116 g/mol. The smallest absolute Gasteiger partial charge is 0.184 e. The third-order valence-electron chi connectivity index (χ3n) is 1.88. The van der Waals surface area contributed by atoms with Gasteiger partial charge in [-0.3, -0.25) is 4.79 Å². The highest BCUT2D eigenvalue weighted by atomic mass is 16.5. The van der Waals surface area contributed by atoms with Crippen LogP contribution >= 0.6 is 0 Å². The van der Waals surface area contributed by atoms with Gasteiger partial charge in [-0.25, -0.2) is 0 Å². The molecule has 0 aromatic carbocycles. The SMILES string of the molecule is O=C1C=C[C@@H]2COC1C2. The van der Waals surface area contributed by atoms with Crippen LogP contribution in [0.2, 0.25) is 0 Å². The maximum atomic E-state index is 10.8. The summed E-state index contributed by atoms with van der Waals surface area (Å²) in [5.74, 6) is 0.663. The van der Waals surface area contributed by atoms with Crippen LogP contribution in [-0.2, 0) is 9.53 Å². The molecule has 1 heterocycles. The van der Waals surface area contributed by atoms with Gasteiger partial charge in [-0.15, -0.1) is 0 Å². The fourth-order valence-electron chi connectivity index (χ4n) is 1.32. The predicted octanol–water partition coefficient (Wildman–Crippen LogP) is 0.530. The second-order valence-corrected chi connectivity index (χ2v) is 2.58. The molecule has 1 fully saturated rings. The molecule has 2 bridgehead atoms. The molecule has 1 aliphatic carbocycles. The van der Waals surface area contributed by atoms with Crippen LogP contribution in [0.5, 0.6) is 0 Å². The van der Waals surface area contributed by atoms with E-state index in [9.17, 15) is 4.79 Å². The van der Waals surface area contributed by atoms with E-state index in [4.69, 9.17) is 4.74 Å². The van der Waals surface area contributed by atoms with Crippen molar-refractivity contribution in [1.29, 1.82) is 0 Å². The van der Waals surface area contributed by atoms with Gasteiger partial charge in [0.15, 0.2) is 5.78 Å². The van der Waals surface area contributed by atoms with E-state index in [1.54, 1.807) is 6.08 Å². The highest BCUT2D eigenvalue weighted by Gasteiger charge is 2.31. The van der Waals surface area contributed by atoms with Crippen molar-refractivity contribution in [2.75, 3.05) is 6.61 Å². The summed E-state index contributed by atoms with van der Waals surface area (Å²) < 4.78 is 5.18. The molecule has 9 heavy (non-hydrogen) atoms. The molecule has 1 unspecified atom stereocenters. The quantitative estimate of drug-likeness (QED) is 0.471. The number of hydrogen-bond donors (Lipinski definition) is 0. The van der Waals surface area contributed by atoms with Gasteiger partial charge in [0.05, 0.1) is 6.61 Å². The maximum absolute atomic E-state index is 10.8. The molecular formula is C7H8O2. The van der Waals surface area contributed by atoms with Crippen molar-refractivity contribution in [1.82, 2.24) is 0 Å². The van der Waals surface area contributed by atoms with E-state index < -0.39 is 0 Å². The van der Waals surface area contributed by atoms with Crippen LogP contribution in [0.4, 0.5) is 0 Å². The Balaban J connectivity index is 2.29. The van der Waals surface area contributed by atoms with Gasteiger partial charge < -0.3 is 4.74 Å². The van der Waals surface area contributed by atoms with Gasteiger partial charge >= 0.3 is 0 Å². The third kappa shape index (κ3) is 0.704. The van der Waals surface area contributed by atoms with Gasteiger partial charge in [-0.05, 0) is 12.5 Å². The first-order valence-corrected chi connectivity index (χ1v) is 3.20. The zero-order chi connectivity index (χ0) is 6.27. The first-order chi connectivity index (χ1) is 4.36. The number of carbonyl (C=O) groups is 1. The van der Waals surface area contributed by atoms with Crippen LogP contribution in [-0.4, -0.2) is 18.5 Å². The minimum atomic E-state index is -0.0972. The van der Waals surface area contributed by atoms with Crippen molar-refractivity contribution in [2.24, 2.45) is 5.92 Å². The van der Waals surface area contributed by atoms with Crippen LogP contribution in [0.25, 0.3) is 0 Å². The van der Waals surface area contributed by atoms with Crippen molar-refractivity contribution in [3.05, 3.63) is 12.2 Å². The number of ether oxygens (including phenoxy) is 1. The number of fused-ring (bicyclic) bond motifs is 2. The van der Waals surface area contributed by atoms with Gasteiger partial charge in [0.25, 0.3) is 0 Å². The molecule has 0 radical (unpaired) electrons. The van der Waals surface area contributed by atoms with Crippen molar-refractivity contribution < 1.29 is 9.53 Å². The van der Waals surface area contributed by atoms with Crippen LogP contribution < -0.4 is 0 Å². The summed E-state index contributed by atoms with van der Waals surface area (Å²) in [6.07, 6.45) is 4.41. The van der Waals surface area contributed by atoms with E-state index in [1.165, 1.54) is 0 Å². The van der Waals surface area contributed by atoms with E-state index >= 15 is 0 Å². The van der Waals surface area contributed by atoms with E-state index in [2.05, 4.69) is 0 Å². The summed E-state index contributed by atoms with van der Waals surface area (Å²) >= 11 is 0. The van der Waals surface area contributed by atoms with E-state index in [1.807, 2.05) is 6.08 Å². The average molecular weight is 124 g/mol. The lowest BCUT2D eigenvalue weighted by molar-refractivity contribution is -0.122. The summed E-state index contributed by atoms with van der Waals surface area (Å²) in [5.41, 5.74) is 0. The number of rotatable bonds is 0. The Hall–Kier alpha value is -0.630. The van der Waals surface area contributed by atoms with Crippen molar-refractivity contribution >= 4 is 5.78 Å². The minimum absolute atomic E-state index is 0.0972. The highest BCUT2D eigenvalue weighted by molar-refractivity contribution is 5.94. The molecule has 2 heteroatoms. The monoisotopic (exact) mass is 124 g/mol. The molecule has 48 valence electrons. The number of carbonyl (C=O) groups excluding carboxylic acids is 1. The van der Waals surface area contributed by atoms with Crippen molar-refractivity contribution in [2.45, 2.75) is 12.5 Å². The molecule has 1 aliphatic heterocycles. The summed E-state index contributed by atoms with van der Waals surface area (Å²) in [4.78, 5) is 10.8. The summed E-state index contributed by atoms with van der Waals surface area (Å²) in [7, 11) is 0. The van der Waals surface area contributed by atoms with Crippen molar-refractivity contribution in [3.8, 4) is 0 Å². The maximum Gasteiger partial charge on any atom is 0.184 e. The second kappa shape index (κ2) is 1.67. The molecule has 2 aliphatic rings. The largest absolute Gasteiger partial charge is 0.369 e. The fourth-order valence-corrected chi connectivity index (χ4v) is 1.32. The molecule has 0 saturated carbocycles. The molecule has 0 spiro atoms. The van der Waals surface area contributed by atoms with Crippen LogP contribution in [0.3, 0.4) is 0 Å². The third-order valence-corrected chi connectivity index (χ3v) is 1.88. The topological polar surface area (TPSA) is 26.3 Å². The van der Waals surface area contributed by atoms with Crippen LogP contribution in [0.15, 0.2) is 12.2 Å². The first kappa shape index (κ1) is 5.18. The standard InChI is InChI=1S/C7H8O2/c8-6-2-1-5-3-7(6)9-4-5/h1-2,5,7H,3-4H2/t5-,7?/m0/s1. The van der Waals surface area contributed by atoms with Gasteiger partial charge in [-0.2, -0.15) is 0 Å².